The second-order valence-corrected chi connectivity index (χ2v) is 5.30. The summed E-state index contributed by atoms with van der Waals surface area (Å²) < 4.78 is 1.81. The smallest absolute Gasteiger partial charge is 0.272 e. The van der Waals surface area contributed by atoms with E-state index in [2.05, 4.69) is 10.3 Å². The summed E-state index contributed by atoms with van der Waals surface area (Å²) in [7, 11) is 1.87. The predicted molar refractivity (Wildman–Crippen MR) is 68.3 cm³/mol. The van der Waals surface area contributed by atoms with Crippen molar-refractivity contribution in [3.05, 3.63) is 18.2 Å². The van der Waals surface area contributed by atoms with Crippen LogP contribution in [-0.4, -0.2) is 45.5 Å². The molecule has 2 unspecified atom stereocenters. The summed E-state index contributed by atoms with van der Waals surface area (Å²) in [5, 5.41) is 3.53. The van der Waals surface area contributed by atoms with Gasteiger partial charge in [-0.15, -0.1) is 0 Å². The van der Waals surface area contributed by atoms with Gasteiger partial charge >= 0.3 is 0 Å². The zero-order chi connectivity index (χ0) is 12.5. The summed E-state index contributed by atoms with van der Waals surface area (Å²) in [6.45, 7) is 1.97. The quantitative estimate of drug-likeness (QED) is 0.841. The average Bonchev–Trinajstić information content (AvgIpc) is 3.09. The Morgan fingerprint density at radius 3 is 3.00 bits per heavy atom. The SMILES string of the molecule is Cn1cncc1C(=O)N1CCCC1C1CCCN1. The van der Waals surface area contributed by atoms with Crippen LogP contribution in [0.3, 0.4) is 0 Å². The highest BCUT2D eigenvalue weighted by Crippen LogP contribution is 2.26. The number of amides is 1. The van der Waals surface area contributed by atoms with Crippen LogP contribution in [0.25, 0.3) is 0 Å². The summed E-state index contributed by atoms with van der Waals surface area (Å²) in [5.74, 6) is 0.131. The van der Waals surface area contributed by atoms with Gasteiger partial charge in [-0.05, 0) is 32.2 Å². The molecule has 0 spiro atoms. The van der Waals surface area contributed by atoms with E-state index in [1.165, 1.54) is 12.8 Å². The van der Waals surface area contributed by atoms with Crippen molar-refractivity contribution in [1.82, 2.24) is 19.8 Å². The third kappa shape index (κ3) is 1.92. The van der Waals surface area contributed by atoms with Gasteiger partial charge in [-0.1, -0.05) is 0 Å². The van der Waals surface area contributed by atoms with Crippen molar-refractivity contribution in [2.75, 3.05) is 13.1 Å². The Hall–Kier alpha value is -1.36. The maximum absolute atomic E-state index is 12.5. The number of aryl methyl sites for hydroxylation is 1. The molecule has 2 saturated heterocycles. The topological polar surface area (TPSA) is 50.2 Å². The number of likely N-dealkylation sites (tertiary alicyclic amines) is 1. The van der Waals surface area contributed by atoms with Crippen LogP contribution in [0.15, 0.2) is 12.5 Å². The van der Waals surface area contributed by atoms with Crippen LogP contribution >= 0.6 is 0 Å². The van der Waals surface area contributed by atoms with Crippen LogP contribution in [0.5, 0.6) is 0 Å². The molecule has 2 aliphatic rings. The summed E-state index contributed by atoms with van der Waals surface area (Å²) in [4.78, 5) is 18.6. The fraction of sp³-hybridized carbons (Fsp3) is 0.692. The molecule has 0 aliphatic carbocycles. The molecule has 1 aromatic heterocycles. The van der Waals surface area contributed by atoms with Gasteiger partial charge in [-0.2, -0.15) is 0 Å². The van der Waals surface area contributed by atoms with Crippen molar-refractivity contribution in [1.29, 1.82) is 0 Å². The van der Waals surface area contributed by atoms with Gasteiger partial charge in [0, 0.05) is 25.7 Å². The Balaban J connectivity index is 1.78. The number of hydrogen-bond donors (Lipinski definition) is 1. The molecule has 0 radical (unpaired) electrons. The lowest BCUT2D eigenvalue weighted by Crippen LogP contribution is -2.46. The van der Waals surface area contributed by atoms with Crippen molar-refractivity contribution < 1.29 is 4.79 Å². The Bertz CT molecular complexity index is 436. The number of nitrogens with one attached hydrogen (secondary N) is 1. The maximum atomic E-state index is 12.5. The van der Waals surface area contributed by atoms with E-state index in [4.69, 9.17) is 0 Å². The first-order valence-corrected chi connectivity index (χ1v) is 6.78. The molecule has 2 aliphatic heterocycles. The molecule has 2 atom stereocenters. The van der Waals surface area contributed by atoms with E-state index < -0.39 is 0 Å². The number of hydrogen-bond acceptors (Lipinski definition) is 3. The van der Waals surface area contributed by atoms with Crippen LogP contribution < -0.4 is 5.32 Å². The number of rotatable bonds is 2. The first kappa shape index (κ1) is 11.7. The lowest BCUT2D eigenvalue weighted by molar-refractivity contribution is 0.0701. The van der Waals surface area contributed by atoms with Crippen molar-refractivity contribution in [3.8, 4) is 0 Å². The van der Waals surface area contributed by atoms with Gasteiger partial charge in [0.05, 0.1) is 12.5 Å². The molecular weight excluding hydrogens is 228 g/mol. The first-order valence-electron chi connectivity index (χ1n) is 6.78. The highest BCUT2D eigenvalue weighted by Gasteiger charge is 2.36. The highest BCUT2D eigenvalue weighted by molar-refractivity contribution is 5.92. The van der Waals surface area contributed by atoms with Crippen LogP contribution in [-0.2, 0) is 7.05 Å². The molecule has 0 aromatic carbocycles. The van der Waals surface area contributed by atoms with E-state index in [1.54, 1.807) is 17.1 Å². The second kappa shape index (κ2) is 4.72. The first-order chi connectivity index (χ1) is 8.77. The van der Waals surface area contributed by atoms with Crippen molar-refractivity contribution in [2.24, 2.45) is 7.05 Å². The lowest BCUT2D eigenvalue weighted by atomic mass is 10.0. The van der Waals surface area contributed by atoms with Gasteiger partial charge in [0.1, 0.15) is 5.69 Å². The molecule has 5 nitrogen and oxygen atoms in total. The molecule has 5 heteroatoms. The summed E-state index contributed by atoms with van der Waals surface area (Å²) in [6.07, 6.45) is 8.02. The van der Waals surface area contributed by atoms with Gasteiger partial charge in [-0.25, -0.2) is 4.98 Å². The van der Waals surface area contributed by atoms with Gasteiger partial charge < -0.3 is 14.8 Å². The molecule has 0 bridgehead atoms. The Morgan fingerprint density at radius 1 is 1.44 bits per heavy atom. The lowest BCUT2D eigenvalue weighted by Gasteiger charge is -2.29. The number of imidazole rings is 1. The molecule has 1 aromatic rings. The molecule has 3 rings (SSSR count). The third-order valence-corrected chi connectivity index (χ3v) is 4.16. The molecule has 18 heavy (non-hydrogen) atoms. The van der Waals surface area contributed by atoms with Gasteiger partial charge in [0.2, 0.25) is 0 Å². The fourth-order valence-electron chi connectivity index (χ4n) is 3.21. The van der Waals surface area contributed by atoms with Crippen LogP contribution in [0, 0.1) is 0 Å². The minimum atomic E-state index is 0.131. The number of carbonyl (C=O) groups excluding carboxylic acids is 1. The standard InChI is InChI=1S/C13H20N4O/c1-16-9-14-8-12(16)13(18)17-7-3-5-11(17)10-4-2-6-15-10/h8-11,15H,2-7H2,1H3. The van der Waals surface area contributed by atoms with Crippen molar-refractivity contribution in [2.45, 2.75) is 37.8 Å². The molecular formula is C13H20N4O. The largest absolute Gasteiger partial charge is 0.333 e. The molecule has 3 heterocycles. The van der Waals surface area contributed by atoms with E-state index in [1.807, 2.05) is 11.9 Å². The molecule has 1 amide bonds. The Morgan fingerprint density at radius 2 is 2.33 bits per heavy atom. The summed E-state index contributed by atoms with van der Waals surface area (Å²) in [5.41, 5.74) is 0.694. The van der Waals surface area contributed by atoms with Gasteiger partial charge in [0.25, 0.3) is 5.91 Å². The van der Waals surface area contributed by atoms with E-state index in [9.17, 15) is 4.79 Å². The number of aromatic nitrogens is 2. The van der Waals surface area contributed by atoms with Crippen molar-refractivity contribution in [3.63, 3.8) is 0 Å². The van der Waals surface area contributed by atoms with E-state index in [-0.39, 0.29) is 5.91 Å². The van der Waals surface area contributed by atoms with Crippen molar-refractivity contribution >= 4 is 5.91 Å². The predicted octanol–water partition coefficient (Wildman–Crippen LogP) is 0.777. The number of nitrogens with zero attached hydrogens (tertiary/aromatic N) is 3. The minimum Gasteiger partial charge on any atom is -0.333 e. The van der Waals surface area contributed by atoms with Crippen LogP contribution in [0.4, 0.5) is 0 Å². The molecule has 0 saturated carbocycles. The Labute approximate surface area is 107 Å². The molecule has 98 valence electrons. The van der Waals surface area contributed by atoms with Gasteiger partial charge in [0.15, 0.2) is 0 Å². The Kier molecular flexibility index (Phi) is 3.07. The van der Waals surface area contributed by atoms with Crippen LogP contribution in [0.1, 0.15) is 36.2 Å². The molecule has 1 N–H and O–H groups in total. The van der Waals surface area contributed by atoms with E-state index in [0.29, 0.717) is 17.8 Å². The summed E-state index contributed by atoms with van der Waals surface area (Å²) in [6, 6.07) is 0.861. The van der Waals surface area contributed by atoms with E-state index >= 15 is 0 Å². The third-order valence-electron chi connectivity index (χ3n) is 4.16. The number of carbonyl (C=O) groups is 1. The van der Waals surface area contributed by atoms with Gasteiger partial charge in [-0.3, -0.25) is 4.79 Å². The zero-order valence-electron chi connectivity index (χ0n) is 10.8. The van der Waals surface area contributed by atoms with E-state index in [0.717, 1.165) is 25.9 Å². The molecule has 2 fully saturated rings. The van der Waals surface area contributed by atoms with Crippen LogP contribution in [0.2, 0.25) is 0 Å². The normalized spacial score (nSPS) is 27.9. The fourth-order valence-corrected chi connectivity index (χ4v) is 3.21. The zero-order valence-corrected chi connectivity index (χ0v) is 10.8. The minimum absolute atomic E-state index is 0.131. The monoisotopic (exact) mass is 248 g/mol. The maximum Gasteiger partial charge on any atom is 0.272 e. The average molecular weight is 248 g/mol. The summed E-state index contributed by atoms with van der Waals surface area (Å²) >= 11 is 0. The highest BCUT2D eigenvalue weighted by atomic mass is 16.2. The second-order valence-electron chi connectivity index (χ2n) is 5.30.